The predicted octanol–water partition coefficient (Wildman–Crippen LogP) is 1.54. The van der Waals surface area contributed by atoms with Crippen molar-refractivity contribution < 1.29 is 9.53 Å². The van der Waals surface area contributed by atoms with Crippen molar-refractivity contribution in [1.29, 1.82) is 0 Å². The van der Waals surface area contributed by atoms with Gasteiger partial charge in [-0.25, -0.2) is 4.79 Å². The second kappa shape index (κ2) is 4.21. The number of carbonyl (C=O) groups is 1. The van der Waals surface area contributed by atoms with Gasteiger partial charge in [-0.05, 0) is 23.9 Å². The number of methoxy groups -OCH3 is 1. The van der Waals surface area contributed by atoms with E-state index in [-0.39, 0.29) is 11.3 Å². The Morgan fingerprint density at radius 3 is 2.76 bits per heavy atom. The van der Waals surface area contributed by atoms with Crippen LogP contribution in [0, 0.1) is 6.92 Å². The molecule has 0 unspecified atom stereocenters. The van der Waals surface area contributed by atoms with Crippen molar-refractivity contribution in [1.82, 2.24) is 9.78 Å². The largest absolute Gasteiger partial charge is 0.464 e. The van der Waals surface area contributed by atoms with Crippen LogP contribution in [0.25, 0.3) is 10.4 Å². The van der Waals surface area contributed by atoms with Crippen molar-refractivity contribution in [2.75, 3.05) is 7.11 Å². The summed E-state index contributed by atoms with van der Waals surface area (Å²) >= 11 is 1.43. The van der Waals surface area contributed by atoms with E-state index in [9.17, 15) is 9.59 Å². The number of nitrogens with zero attached hydrogens (tertiary/aromatic N) is 1. The third-order valence-electron chi connectivity index (χ3n) is 2.53. The number of hydrogen-bond acceptors (Lipinski definition) is 4. The summed E-state index contributed by atoms with van der Waals surface area (Å²) in [5, 5.41) is 4.60. The Balaban J connectivity index is 2.72. The summed E-state index contributed by atoms with van der Waals surface area (Å²) in [6, 6.07) is 1.91. The smallest absolute Gasteiger partial charge is 0.356 e. The first-order chi connectivity index (χ1) is 8.06. The van der Waals surface area contributed by atoms with Crippen molar-refractivity contribution in [3.05, 3.63) is 33.1 Å². The first-order valence-electron chi connectivity index (χ1n) is 4.98. The van der Waals surface area contributed by atoms with E-state index < -0.39 is 5.97 Å². The van der Waals surface area contributed by atoms with Crippen molar-refractivity contribution in [3.63, 3.8) is 0 Å². The lowest BCUT2D eigenvalue weighted by Gasteiger charge is -1.99. The molecule has 5 nitrogen and oxygen atoms in total. The van der Waals surface area contributed by atoms with Crippen molar-refractivity contribution in [2.45, 2.75) is 6.92 Å². The van der Waals surface area contributed by atoms with Crippen LogP contribution in [-0.2, 0) is 11.8 Å². The van der Waals surface area contributed by atoms with Crippen LogP contribution in [0.2, 0.25) is 0 Å². The van der Waals surface area contributed by atoms with Gasteiger partial charge in [-0.15, -0.1) is 11.3 Å². The Morgan fingerprint density at radius 1 is 1.53 bits per heavy atom. The molecule has 0 fully saturated rings. The monoisotopic (exact) mass is 252 g/mol. The third kappa shape index (κ3) is 1.80. The van der Waals surface area contributed by atoms with Crippen LogP contribution in [0.3, 0.4) is 0 Å². The van der Waals surface area contributed by atoms with Gasteiger partial charge in [0.25, 0.3) is 5.56 Å². The highest BCUT2D eigenvalue weighted by Gasteiger charge is 2.22. The van der Waals surface area contributed by atoms with Gasteiger partial charge in [0.15, 0.2) is 5.69 Å². The summed E-state index contributed by atoms with van der Waals surface area (Å²) in [5.74, 6) is -0.537. The summed E-state index contributed by atoms with van der Waals surface area (Å²) in [6.45, 7) is 1.90. The quantitative estimate of drug-likeness (QED) is 0.824. The maximum Gasteiger partial charge on any atom is 0.356 e. The van der Waals surface area contributed by atoms with Crippen LogP contribution < -0.4 is 5.56 Å². The number of nitrogens with one attached hydrogen (secondary N) is 1. The number of aromatic amines is 1. The lowest BCUT2D eigenvalue weighted by Crippen LogP contribution is -2.13. The molecule has 0 bridgehead atoms. The molecule has 0 atom stereocenters. The topological polar surface area (TPSA) is 64.1 Å². The highest BCUT2D eigenvalue weighted by Crippen LogP contribution is 2.28. The molecule has 0 aliphatic rings. The zero-order valence-corrected chi connectivity index (χ0v) is 10.6. The van der Waals surface area contributed by atoms with Crippen molar-refractivity contribution >= 4 is 17.3 Å². The molecule has 0 aliphatic heterocycles. The molecule has 0 radical (unpaired) electrons. The lowest BCUT2D eigenvalue weighted by atomic mass is 10.1. The summed E-state index contributed by atoms with van der Waals surface area (Å²) in [4.78, 5) is 24.4. The highest BCUT2D eigenvalue weighted by molar-refractivity contribution is 7.13. The lowest BCUT2D eigenvalue weighted by molar-refractivity contribution is 0.0594. The minimum atomic E-state index is -0.537. The Hall–Kier alpha value is -1.82. The molecule has 0 saturated heterocycles. The maximum absolute atomic E-state index is 12.0. The molecule has 17 heavy (non-hydrogen) atoms. The highest BCUT2D eigenvalue weighted by atomic mass is 32.1. The number of aryl methyl sites for hydroxylation is 2. The molecule has 1 N–H and O–H groups in total. The van der Waals surface area contributed by atoms with Crippen LogP contribution >= 0.6 is 11.3 Å². The van der Waals surface area contributed by atoms with Gasteiger partial charge < -0.3 is 4.74 Å². The van der Waals surface area contributed by atoms with Gasteiger partial charge in [0.1, 0.15) is 0 Å². The number of carbonyl (C=O) groups excluding carboxylic acids is 1. The van der Waals surface area contributed by atoms with E-state index in [1.165, 1.54) is 23.1 Å². The first-order valence-corrected chi connectivity index (χ1v) is 5.86. The molecule has 90 valence electrons. The van der Waals surface area contributed by atoms with E-state index in [1.54, 1.807) is 7.05 Å². The molecule has 0 aromatic carbocycles. The van der Waals surface area contributed by atoms with Gasteiger partial charge in [-0.1, -0.05) is 0 Å². The third-order valence-corrected chi connectivity index (χ3v) is 3.56. The normalized spacial score (nSPS) is 10.5. The van der Waals surface area contributed by atoms with E-state index in [0.29, 0.717) is 5.56 Å². The molecule has 6 heteroatoms. The minimum absolute atomic E-state index is 0.200. The van der Waals surface area contributed by atoms with Gasteiger partial charge in [-0.2, -0.15) is 0 Å². The van der Waals surface area contributed by atoms with E-state index in [2.05, 4.69) is 9.84 Å². The second-order valence-electron chi connectivity index (χ2n) is 3.65. The summed E-state index contributed by atoms with van der Waals surface area (Å²) < 4.78 is 5.94. The zero-order chi connectivity index (χ0) is 12.6. The predicted molar refractivity (Wildman–Crippen MR) is 65.4 cm³/mol. The molecule has 2 rings (SSSR count). The SMILES string of the molecule is COC(=O)c1[nH]n(C)c(=O)c1-c1sccc1C. The number of H-pyrrole nitrogens is 1. The number of ether oxygens (including phenoxy) is 1. The van der Waals surface area contributed by atoms with Crippen LogP contribution in [0.5, 0.6) is 0 Å². The number of rotatable bonds is 2. The summed E-state index contributed by atoms with van der Waals surface area (Å²) in [7, 11) is 2.86. The second-order valence-corrected chi connectivity index (χ2v) is 4.57. The van der Waals surface area contributed by atoms with Crippen LogP contribution in [-0.4, -0.2) is 22.9 Å². The van der Waals surface area contributed by atoms with Gasteiger partial charge in [0.05, 0.1) is 12.7 Å². The molecule has 2 heterocycles. The molecule has 0 amide bonds. The maximum atomic E-state index is 12.0. The Morgan fingerprint density at radius 2 is 2.24 bits per heavy atom. The number of esters is 1. The fourth-order valence-electron chi connectivity index (χ4n) is 1.64. The average molecular weight is 252 g/mol. The van der Waals surface area contributed by atoms with E-state index in [4.69, 9.17) is 0 Å². The fourth-order valence-corrected chi connectivity index (χ4v) is 2.61. The zero-order valence-electron chi connectivity index (χ0n) is 9.73. The van der Waals surface area contributed by atoms with Gasteiger partial charge in [0.2, 0.25) is 0 Å². The van der Waals surface area contributed by atoms with E-state index >= 15 is 0 Å². The molecule has 2 aromatic heterocycles. The molecule has 0 saturated carbocycles. The van der Waals surface area contributed by atoms with Crippen LogP contribution in [0.4, 0.5) is 0 Å². The molecule has 0 spiro atoms. The standard InChI is InChI=1S/C11H12N2O3S/c1-6-4-5-17-9(6)7-8(11(15)16-3)12-13(2)10(7)14/h4-5,12H,1-3H3. The van der Waals surface area contributed by atoms with Gasteiger partial charge >= 0.3 is 5.97 Å². The number of aromatic nitrogens is 2. The van der Waals surface area contributed by atoms with Crippen molar-refractivity contribution in [2.24, 2.45) is 7.05 Å². The van der Waals surface area contributed by atoms with E-state index in [0.717, 1.165) is 10.4 Å². The molecular formula is C11H12N2O3S. The molecule has 0 aliphatic carbocycles. The fraction of sp³-hybridized carbons (Fsp3) is 0.273. The molecular weight excluding hydrogens is 240 g/mol. The van der Waals surface area contributed by atoms with E-state index in [1.807, 2.05) is 18.4 Å². The number of hydrogen-bond donors (Lipinski definition) is 1. The summed E-state index contributed by atoms with van der Waals surface area (Å²) in [5.41, 5.74) is 1.32. The van der Waals surface area contributed by atoms with Crippen molar-refractivity contribution in [3.8, 4) is 10.4 Å². The van der Waals surface area contributed by atoms with Gasteiger partial charge in [0, 0.05) is 11.9 Å². The number of thiophene rings is 1. The van der Waals surface area contributed by atoms with Gasteiger partial charge in [-0.3, -0.25) is 14.6 Å². The first kappa shape index (κ1) is 11.7. The summed E-state index contributed by atoms with van der Waals surface area (Å²) in [6.07, 6.45) is 0. The Kier molecular flexibility index (Phi) is 2.89. The molecule has 2 aromatic rings. The minimum Gasteiger partial charge on any atom is -0.464 e. The Labute approximate surface area is 102 Å². The Bertz CT molecular complexity index is 621. The average Bonchev–Trinajstić information content (AvgIpc) is 2.84. The van der Waals surface area contributed by atoms with Crippen LogP contribution in [0.1, 0.15) is 16.1 Å². The van der Waals surface area contributed by atoms with Crippen LogP contribution in [0.15, 0.2) is 16.2 Å².